The zero-order valence-electron chi connectivity index (χ0n) is 14.2. The Morgan fingerprint density at radius 3 is 2.59 bits per heavy atom. The van der Waals surface area contributed by atoms with Crippen LogP contribution >= 0.6 is 22.9 Å². The van der Waals surface area contributed by atoms with Crippen molar-refractivity contribution in [2.75, 3.05) is 5.32 Å². The van der Waals surface area contributed by atoms with Gasteiger partial charge in [0.25, 0.3) is 0 Å². The van der Waals surface area contributed by atoms with Crippen molar-refractivity contribution in [2.24, 2.45) is 0 Å². The minimum absolute atomic E-state index is 0.205. The SMILES string of the molecule is O=C(/C=C/c1ccccc1)Nc1ccc(Cl)cc1-c1nc2ccccc2s1. The van der Waals surface area contributed by atoms with Gasteiger partial charge in [-0.15, -0.1) is 11.3 Å². The van der Waals surface area contributed by atoms with Crippen molar-refractivity contribution in [3.8, 4) is 10.6 Å². The summed E-state index contributed by atoms with van der Waals surface area (Å²) in [6.07, 6.45) is 3.30. The number of hydrogen-bond donors (Lipinski definition) is 1. The summed E-state index contributed by atoms with van der Waals surface area (Å²) in [7, 11) is 0. The number of nitrogens with zero attached hydrogens (tertiary/aromatic N) is 1. The quantitative estimate of drug-likeness (QED) is 0.417. The van der Waals surface area contributed by atoms with Crippen LogP contribution in [0.4, 0.5) is 5.69 Å². The summed E-state index contributed by atoms with van der Waals surface area (Å²) in [6.45, 7) is 0. The highest BCUT2D eigenvalue weighted by Crippen LogP contribution is 2.36. The van der Waals surface area contributed by atoms with E-state index in [1.165, 1.54) is 6.08 Å². The van der Waals surface area contributed by atoms with E-state index in [2.05, 4.69) is 10.3 Å². The number of rotatable bonds is 4. The summed E-state index contributed by atoms with van der Waals surface area (Å²) in [5.74, 6) is -0.205. The van der Waals surface area contributed by atoms with Crippen LogP contribution in [0.1, 0.15) is 5.56 Å². The molecule has 4 aromatic rings. The van der Waals surface area contributed by atoms with Gasteiger partial charge in [-0.1, -0.05) is 54.1 Å². The normalized spacial score (nSPS) is 11.1. The summed E-state index contributed by atoms with van der Waals surface area (Å²) in [5, 5.41) is 4.35. The summed E-state index contributed by atoms with van der Waals surface area (Å²) in [6, 6.07) is 23.0. The molecule has 1 heterocycles. The van der Waals surface area contributed by atoms with Gasteiger partial charge in [-0.2, -0.15) is 0 Å². The fourth-order valence-corrected chi connectivity index (χ4v) is 3.87. The molecule has 0 unspecified atom stereocenters. The second-order valence-electron chi connectivity index (χ2n) is 5.91. The molecule has 0 saturated heterocycles. The molecule has 27 heavy (non-hydrogen) atoms. The van der Waals surface area contributed by atoms with Gasteiger partial charge >= 0.3 is 0 Å². The van der Waals surface area contributed by atoms with Gasteiger partial charge in [-0.05, 0) is 42.0 Å². The minimum Gasteiger partial charge on any atom is -0.322 e. The smallest absolute Gasteiger partial charge is 0.248 e. The number of benzene rings is 3. The molecule has 5 heteroatoms. The predicted octanol–water partition coefficient (Wildman–Crippen LogP) is 6.27. The van der Waals surface area contributed by atoms with E-state index in [4.69, 9.17) is 11.6 Å². The maximum Gasteiger partial charge on any atom is 0.248 e. The van der Waals surface area contributed by atoms with Crippen LogP contribution in [-0.2, 0) is 4.79 Å². The molecule has 1 N–H and O–H groups in total. The lowest BCUT2D eigenvalue weighted by molar-refractivity contribution is -0.111. The number of amides is 1. The molecular weight excluding hydrogens is 376 g/mol. The lowest BCUT2D eigenvalue weighted by Gasteiger charge is -2.08. The Balaban J connectivity index is 1.63. The third kappa shape index (κ3) is 4.08. The Bertz CT molecular complexity index is 1100. The van der Waals surface area contributed by atoms with Gasteiger partial charge in [0.2, 0.25) is 5.91 Å². The van der Waals surface area contributed by atoms with E-state index >= 15 is 0 Å². The van der Waals surface area contributed by atoms with E-state index < -0.39 is 0 Å². The second-order valence-corrected chi connectivity index (χ2v) is 7.38. The fraction of sp³-hybridized carbons (Fsp3) is 0. The van der Waals surface area contributed by atoms with Crippen molar-refractivity contribution in [1.82, 2.24) is 4.98 Å². The molecule has 0 aliphatic heterocycles. The van der Waals surface area contributed by atoms with Gasteiger partial charge in [0.1, 0.15) is 5.01 Å². The van der Waals surface area contributed by atoms with Crippen LogP contribution in [-0.4, -0.2) is 10.9 Å². The largest absolute Gasteiger partial charge is 0.322 e. The van der Waals surface area contributed by atoms with E-state index in [1.807, 2.05) is 60.7 Å². The Hall–Kier alpha value is -2.95. The first-order chi connectivity index (χ1) is 13.2. The topological polar surface area (TPSA) is 42.0 Å². The molecule has 0 saturated carbocycles. The number of nitrogens with one attached hydrogen (secondary N) is 1. The predicted molar refractivity (Wildman–Crippen MR) is 114 cm³/mol. The van der Waals surface area contributed by atoms with Gasteiger partial charge in [0, 0.05) is 16.7 Å². The molecule has 0 aliphatic rings. The van der Waals surface area contributed by atoms with Gasteiger partial charge in [0.05, 0.1) is 15.9 Å². The average molecular weight is 391 g/mol. The van der Waals surface area contributed by atoms with Crippen LogP contribution in [0.5, 0.6) is 0 Å². The van der Waals surface area contributed by atoms with E-state index in [1.54, 1.807) is 29.5 Å². The van der Waals surface area contributed by atoms with Crippen LogP contribution in [0.2, 0.25) is 5.02 Å². The molecule has 0 aliphatic carbocycles. The third-order valence-corrected chi connectivity index (χ3v) is 5.30. The van der Waals surface area contributed by atoms with Crippen molar-refractivity contribution in [2.45, 2.75) is 0 Å². The first-order valence-corrected chi connectivity index (χ1v) is 9.58. The number of carbonyl (C=O) groups excluding carboxylic acids is 1. The van der Waals surface area contributed by atoms with Crippen molar-refractivity contribution in [3.05, 3.63) is 89.5 Å². The third-order valence-electron chi connectivity index (χ3n) is 3.99. The minimum atomic E-state index is -0.205. The number of para-hydroxylation sites is 1. The van der Waals surface area contributed by atoms with Crippen LogP contribution in [0, 0.1) is 0 Å². The molecule has 0 bridgehead atoms. The Labute approximate surface area is 166 Å². The van der Waals surface area contributed by atoms with Crippen LogP contribution < -0.4 is 5.32 Å². The highest BCUT2D eigenvalue weighted by molar-refractivity contribution is 7.21. The number of carbonyl (C=O) groups is 1. The number of thiazole rings is 1. The molecule has 1 amide bonds. The maximum atomic E-state index is 12.4. The molecule has 132 valence electrons. The Kier molecular flexibility index (Phi) is 5.01. The first-order valence-electron chi connectivity index (χ1n) is 8.39. The van der Waals surface area contributed by atoms with Crippen molar-refractivity contribution >= 4 is 50.8 Å². The first kappa shape index (κ1) is 17.5. The molecule has 4 rings (SSSR count). The molecule has 1 aromatic heterocycles. The number of anilines is 1. The summed E-state index contributed by atoms with van der Waals surface area (Å²) in [5.41, 5.74) is 3.39. The van der Waals surface area contributed by atoms with Crippen molar-refractivity contribution in [1.29, 1.82) is 0 Å². The summed E-state index contributed by atoms with van der Waals surface area (Å²) >= 11 is 7.76. The Morgan fingerprint density at radius 2 is 1.78 bits per heavy atom. The number of fused-ring (bicyclic) bond motifs is 1. The Morgan fingerprint density at radius 1 is 1.00 bits per heavy atom. The number of aromatic nitrogens is 1. The molecule has 0 fully saturated rings. The highest BCUT2D eigenvalue weighted by atomic mass is 35.5. The van der Waals surface area contributed by atoms with Crippen LogP contribution in [0.3, 0.4) is 0 Å². The van der Waals surface area contributed by atoms with Gasteiger partial charge in [-0.25, -0.2) is 4.98 Å². The molecule has 0 radical (unpaired) electrons. The zero-order valence-corrected chi connectivity index (χ0v) is 15.8. The lowest BCUT2D eigenvalue weighted by Crippen LogP contribution is -2.08. The van der Waals surface area contributed by atoms with Crippen molar-refractivity contribution < 1.29 is 4.79 Å². The lowest BCUT2D eigenvalue weighted by atomic mass is 10.1. The van der Waals surface area contributed by atoms with Gasteiger partial charge < -0.3 is 5.32 Å². The highest BCUT2D eigenvalue weighted by Gasteiger charge is 2.12. The summed E-state index contributed by atoms with van der Waals surface area (Å²) < 4.78 is 1.09. The van der Waals surface area contributed by atoms with E-state index in [0.29, 0.717) is 10.7 Å². The standard InChI is InChI=1S/C22H15ClN2OS/c23-16-11-12-18(24-21(26)13-10-15-6-2-1-3-7-15)17(14-16)22-25-19-8-4-5-9-20(19)27-22/h1-14H,(H,24,26)/b13-10+. The van der Waals surface area contributed by atoms with Gasteiger partial charge in [-0.3, -0.25) is 4.79 Å². The summed E-state index contributed by atoms with van der Waals surface area (Å²) in [4.78, 5) is 17.1. The molecule has 0 spiro atoms. The van der Waals surface area contributed by atoms with Crippen LogP contribution in [0.15, 0.2) is 78.9 Å². The van der Waals surface area contributed by atoms with Crippen LogP contribution in [0.25, 0.3) is 26.9 Å². The molecule has 3 nitrogen and oxygen atoms in total. The molecular formula is C22H15ClN2OS. The zero-order chi connectivity index (χ0) is 18.6. The number of halogens is 1. The average Bonchev–Trinajstić information content (AvgIpc) is 3.12. The second kappa shape index (κ2) is 7.74. The van der Waals surface area contributed by atoms with Gasteiger partial charge in [0.15, 0.2) is 0 Å². The monoisotopic (exact) mass is 390 g/mol. The number of hydrogen-bond acceptors (Lipinski definition) is 3. The van der Waals surface area contributed by atoms with Crippen molar-refractivity contribution in [3.63, 3.8) is 0 Å². The molecule has 0 atom stereocenters. The van der Waals surface area contributed by atoms with E-state index in [-0.39, 0.29) is 5.91 Å². The molecule has 3 aromatic carbocycles. The fourth-order valence-electron chi connectivity index (χ4n) is 2.70. The van der Waals surface area contributed by atoms with E-state index in [9.17, 15) is 4.79 Å². The van der Waals surface area contributed by atoms with E-state index in [0.717, 1.165) is 26.4 Å². The maximum absolute atomic E-state index is 12.4.